The predicted octanol–water partition coefficient (Wildman–Crippen LogP) is 4.26. The summed E-state index contributed by atoms with van der Waals surface area (Å²) in [7, 11) is 0. The van der Waals surface area contributed by atoms with Crippen LogP contribution in [0.4, 0.5) is 15.8 Å². The Morgan fingerprint density at radius 1 is 1.35 bits per heavy atom. The van der Waals surface area contributed by atoms with E-state index in [1.165, 1.54) is 6.07 Å². The fourth-order valence-electron chi connectivity index (χ4n) is 2.94. The number of rotatable bonds is 3. The average molecular weight is 333 g/mol. The van der Waals surface area contributed by atoms with E-state index in [1.54, 1.807) is 24.3 Å². The van der Waals surface area contributed by atoms with Crippen LogP contribution in [0.25, 0.3) is 0 Å². The standard InChI is InChI=1S/C18H18ClFN2O/c1-12-6-7-13-10-14(20)8-9-17(13)22(12)11-18(23)21-16-5-3-2-4-15(16)19/h2-5,8-10,12H,6-7,11H2,1H3,(H,21,23). The van der Waals surface area contributed by atoms with Gasteiger partial charge in [-0.1, -0.05) is 23.7 Å². The lowest BCUT2D eigenvalue weighted by Crippen LogP contribution is -2.42. The van der Waals surface area contributed by atoms with Gasteiger partial charge in [0.2, 0.25) is 5.91 Å². The number of benzene rings is 2. The normalized spacial score (nSPS) is 16.8. The van der Waals surface area contributed by atoms with Gasteiger partial charge in [0.25, 0.3) is 0 Å². The van der Waals surface area contributed by atoms with Gasteiger partial charge in [-0.05, 0) is 55.7 Å². The summed E-state index contributed by atoms with van der Waals surface area (Å²) < 4.78 is 13.4. The molecule has 1 aliphatic rings. The molecule has 1 aliphatic heterocycles. The minimum Gasteiger partial charge on any atom is -0.359 e. The van der Waals surface area contributed by atoms with E-state index < -0.39 is 0 Å². The molecule has 1 unspecified atom stereocenters. The smallest absolute Gasteiger partial charge is 0.243 e. The zero-order valence-electron chi connectivity index (χ0n) is 12.9. The summed E-state index contributed by atoms with van der Waals surface area (Å²) in [6.07, 6.45) is 1.73. The second-order valence-electron chi connectivity index (χ2n) is 5.82. The Balaban J connectivity index is 1.77. The van der Waals surface area contributed by atoms with Gasteiger partial charge in [0.1, 0.15) is 5.82 Å². The number of fused-ring (bicyclic) bond motifs is 1. The highest BCUT2D eigenvalue weighted by Gasteiger charge is 2.25. The van der Waals surface area contributed by atoms with Gasteiger partial charge in [-0.2, -0.15) is 0 Å². The van der Waals surface area contributed by atoms with Crippen LogP contribution in [0.2, 0.25) is 5.02 Å². The maximum absolute atomic E-state index is 13.4. The van der Waals surface area contributed by atoms with Crippen molar-refractivity contribution in [3.05, 3.63) is 58.9 Å². The van der Waals surface area contributed by atoms with Gasteiger partial charge in [0.05, 0.1) is 17.3 Å². The van der Waals surface area contributed by atoms with E-state index in [0.717, 1.165) is 24.1 Å². The highest BCUT2D eigenvalue weighted by molar-refractivity contribution is 6.33. The van der Waals surface area contributed by atoms with E-state index in [1.807, 2.05) is 17.0 Å². The highest BCUT2D eigenvalue weighted by Crippen LogP contribution is 2.31. The van der Waals surface area contributed by atoms with Crippen molar-refractivity contribution in [3.63, 3.8) is 0 Å². The van der Waals surface area contributed by atoms with Crippen LogP contribution in [-0.2, 0) is 11.2 Å². The average Bonchev–Trinajstić information content (AvgIpc) is 2.52. The molecule has 120 valence electrons. The van der Waals surface area contributed by atoms with E-state index in [4.69, 9.17) is 11.6 Å². The molecule has 3 rings (SSSR count). The molecule has 1 N–H and O–H groups in total. The first kappa shape index (κ1) is 15.8. The minimum absolute atomic E-state index is 0.137. The molecule has 0 aromatic heterocycles. The molecule has 0 bridgehead atoms. The molecule has 1 heterocycles. The van der Waals surface area contributed by atoms with Crippen molar-refractivity contribution in [1.82, 2.24) is 0 Å². The van der Waals surface area contributed by atoms with Gasteiger partial charge >= 0.3 is 0 Å². The molecule has 0 spiro atoms. The Morgan fingerprint density at radius 2 is 2.13 bits per heavy atom. The third-order valence-corrected chi connectivity index (χ3v) is 4.51. The van der Waals surface area contributed by atoms with Crippen LogP contribution < -0.4 is 10.2 Å². The molecule has 1 amide bonds. The third kappa shape index (κ3) is 3.48. The van der Waals surface area contributed by atoms with Crippen LogP contribution in [-0.4, -0.2) is 18.5 Å². The Hall–Kier alpha value is -2.07. The number of anilines is 2. The van der Waals surface area contributed by atoms with E-state index in [2.05, 4.69) is 12.2 Å². The summed E-state index contributed by atoms with van der Waals surface area (Å²) in [5.41, 5.74) is 2.48. The van der Waals surface area contributed by atoms with Crippen molar-refractivity contribution in [2.45, 2.75) is 25.8 Å². The maximum Gasteiger partial charge on any atom is 0.243 e. The zero-order valence-corrected chi connectivity index (χ0v) is 13.6. The molecular formula is C18H18ClFN2O. The summed E-state index contributed by atoms with van der Waals surface area (Å²) in [4.78, 5) is 14.4. The first-order valence-corrected chi connectivity index (χ1v) is 8.02. The topological polar surface area (TPSA) is 32.3 Å². The molecule has 0 aliphatic carbocycles. The Kier molecular flexibility index (Phi) is 4.53. The highest BCUT2D eigenvalue weighted by atomic mass is 35.5. The maximum atomic E-state index is 13.4. The van der Waals surface area contributed by atoms with E-state index in [-0.39, 0.29) is 24.3 Å². The van der Waals surface area contributed by atoms with Crippen molar-refractivity contribution >= 4 is 28.9 Å². The van der Waals surface area contributed by atoms with Crippen LogP contribution in [0, 0.1) is 5.82 Å². The largest absolute Gasteiger partial charge is 0.359 e. The Morgan fingerprint density at radius 3 is 2.91 bits per heavy atom. The molecular weight excluding hydrogens is 315 g/mol. The summed E-state index contributed by atoms with van der Waals surface area (Å²) in [6.45, 7) is 2.29. The molecule has 0 radical (unpaired) electrons. The molecule has 1 atom stereocenters. The second-order valence-corrected chi connectivity index (χ2v) is 6.22. The molecule has 2 aromatic carbocycles. The molecule has 5 heteroatoms. The minimum atomic E-state index is -0.237. The van der Waals surface area contributed by atoms with Gasteiger partial charge in [0.15, 0.2) is 0 Å². The quantitative estimate of drug-likeness (QED) is 0.911. The van der Waals surface area contributed by atoms with Crippen LogP contribution in [0.15, 0.2) is 42.5 Å². The zero-order chi connectivity index (χ0) is 16.4. The number of nitrogens with zero attached hydrogens (tertiary/aromatic N) is 1. The number of carbonyl (C=O) groups excluding carboxylic acids is 1. The van der Waals surface area contributed by atoms with Crippen LogP contribution in [0.3, 0.4) is 0 Å². The number of para-hydroxylation sites is 1. The number of aryl methyl sites for hydroxylation is 1. The predicted molar refractivity (Wildman–Crippen MR) is 91.6 cm³/mol. The third-order valence-electron chi connectivity index (χ3n) is 4.18. The van der Waals surface area contributed by atoms with Gasteiger partial charge in [-0.15, -0.1) is 0 Å². The van der Waals surface area contributed by atoms with E-state index >= 15 is 0 Å². The molecule has 2 aromatic rings. The SMILES string of the molecule is CC1CCc2cc(F)ccc2N1CC(=O)Nc1ccccc1Cl. The summed E-state index contributed by atoms with van der Waals surface area (Å²) in [5, 5.41) is 3.34. The first-order chi connectivity index (χ1) is 11.0. The Labute approximate surface area is 140 Å². The van der Waals surface area contributed by atoms with Gasteiger partial charge in [0, 0.05) is 11.7 Å². The van der Waals surface area contributed by atoms with Gasteiger partial charge < -0.3 is 10.2 Å². The van der Waals surface area contributed by atoms with Crippen LogP contribution in [0.1, 0.15) is 18.9 Å². The second kappa shape index (κ2) is 6.59. The van der Waals surface area contributed by atoms with Crippen molar-refractivity contribution in [1.29, 1.82) is 0 Å². The summed E-state index contributed by atoms with van der Waals surface area (Å²) >= 11 is 6.07. The number of hydrogen-bond acceptors (Lipinski definition) is 2. The molecule has 23 heavy (non-hydrogen) atoms. The van der Waals surface area contributed by atoms with Crippen LogP contribution >= 0.6 is 11.6 Å². The fraction of sp³-hybridized carbons (Fsp3) is 0.278. The fourth-order valence-corrected chi connectivity index (χ4v) is 3.12. The number of halogens is 2. The van der Waals surface area contributed by atoms with E-state index in [9.17, 15) is 9.18 Å². The lowest BCUT2D eigenvalue weighted by atomic mass is 9.96. The summed E-state index contributed by atoms with van der Waals surface area (Å²) in [6, 6.07) is 12.1. The number of hydrogen-bond donors (Lipinski definition) is 1. The lowest BCUT2D eigenvalue weighted by molar-refractivity contribution is -0.115. The van der Waals surface area contributed by atoms with Crippen molar-refractivity contribution < 1.29 is 9.18 Å². The van der Waals surface area contributed by atoms with E-state index in [0.29, 0.717) is 10.7 Å². The number of amides is 1. The molecule has 0 saturated heterocycles. The van der Waals surface area contributed by atoms with Crippen molar-refractivity contribution in [2.24, 2.45) is 0 Å². The molecule has 0 saturated carbocycles. The molecule has 3 nitrogen and oxygen atoms in total. The van der Waals surface area contributed by atoms with Crippen LogP contribution in [0.5, 0.6) is 0 Å². The monoisotopic (exact) mass is 332 g/mol. The summed E-state index contributed by atoms with van der Waals surface area (Å²) in [5.74, 6) is -0.374. The van der Waals surface area contributed by atoms with Gasteiger partial charge in [-0.3, -0.25) is 4.79 Å². The first-order valence-electron chi connectivity index (χ1n) is 7.64. The lowest BCUT2D eigenvalue weighted by Gasteiger charge is -2.36. The Bertz CT molecular complexity index is 735. The molecule has 0 fully saturated rings. The van der Waals surface area contributed by atoms with Crippen molar-refractivity contribution in [2.75, 3.05) is 16.8 Å². The van der Waals surface area contributed by atoms with Gasteiger partial charge in [-0.25, -0.2) is 4.39 Å². The number of nitrogens with one attached hydrogen (secondary N) is 1. The van der Waals surface area contributed by atoms with Crippen molar-refractivity contribution in [3.8, 4) is 0 Å². The number of carbonyl (C=O) groups is 1.